The first-order valence-corrected chi connectivity index (χ1v) is 7.67. The van der Waals surface area contributed by atoms with Crippen molar-refractivity contribution in [2.24, 2.45) is 5.73 Å². The number of carbonyl (C=O) groups excluding carboxylic acids is 1. The normalized spacial score (nSPS) is 17.8. The van der Waals surface area contributed by atoms with E-state index < -0.39 is 30.2 Å². The van der Waals surface area contributed by atoms with E-state index in [-0.39, 0.29) is 5.91 Å². The third kappa shape index (κ3) is 6.36. The lowest BCUT2D eigenvalue weighted by molar-refractivity contribution is -0.192. The van der Waals surface area contributed by atoms with Crippen molar-refractivity contribution in [1.29, 1.82) is 0 Å². The average molecular weight is 376 g/mol. The van der Waals surface area contributed by atoms with Crippen LogP contribution in [0.2, 0.25) is 0 Å². The van der Waals surface area contributed by atoms with Crippen LogP contribution < -0.4 is 5.73 Å². The predicted molar refractivity (Wildman–Crippen MR) is 84.2 cm³/mol. The molecule has 1 aromatic carbocycles. The van der Waals surface area contributed by atoms with Crippen LogP contribution in [0.25, 0.3) is 0 Å². The molecule has 1 fully saturated rings. The summed E-state index contributed by atoms with van der Waals surface area (Å²) in [6.07, 6.45) is -3.41. The predicted octanol–water partition coefficient (Wildman–Crippen LogP) is 1.27. The van der Waals surface area contributed by atoms with E-state index in [4.69, 9.17) is 20.7 Å². The van der Waals surface area contributed by atoms with Crippen LogP contribution in [0.15, 0.2) is 30.3 Å². The number of carboxylic acids is 2. The van der Waals surface area contributed by atoms with Crippen LogP contribution in [0.5, 0.6) is 0 Å². The Bertz CT molecular complexity index is 637. The number of halogens is 3. The molecule has 1 saturated heterocycles. The molecule has 144 valence electrons. The summed E-state index contributed by atoms with van der Waals surface area (Å²) in [5.41, 5.74) is 6.89. The number of hydrogen-bond acceptors (Lipinski definition) is 4. The molecule has 0 aromatic heterocycles. The summed E-state index contributed by atoms with van der Waals surface area (Å²) in [5.74, 6) is -3.97. The fourth-order valence-corrected chi connectivity index (χ4v) is 2.46. The molecule has 2 atom stereocenters. The second-order valence-corrected chi connectivity index (χ2v) is 5.63. The van der Waals surface area contributed by atoms with Crippen molar-refractivity contribution in [3.8, 4) is 0 Å². The van der Waals surface area contributed by atoms with E-state index in [2.05, 4.69) is 0 Å². The highest BCUT2D eigenvalue weighted by atomic mass is 19.4. The first-order valence-electron chi connectivity index (χ1n) is 7.67. The van der Waals surface area contributed by atoms with Gasteiger partial charge in [-0.2, -0.15) is 13.2 Å². The molecule has 0 radical (unpaired) electrons. The van der Waals surface area contributed by atoms with Gasteiger partial charge in [0.15, 0.2) is 0 Å². The number of carbonyl (C=O) groups is 3. The second kappa shape index (κ2) is 9.18. The summed E-state index contributed by atoms with van der Waals surface area (Å²) in [4.78, 5) is 33.6. The zero-order valence-electron chi connectivity index (χ0n) is 13.6. The molecule has 0 saturated carbocycles. The molecule has 0 bridgehead atoms. The van der Waals surface area contributed by atoms with Gasteiger partial charge >= 0.3 is 18.1 Å². The van der Waals surface area contributed by atoms with Crippen LogP contribution in [-0.4, -0.2) is 57.8 Å². The molecule has 2 rings (SSSR count). The van der Waals surface area contributed by atoms with Gasteiger partial charge in [0.1, 0.15) is 6.04 Å². The van der Waals surface area contributed by atoms with Crippen LogP contribution in [0.1, 0.15) is 18.4 Å². The number of hydrogen-bond donors (Lipinski definition) is 3. The van der Waals surface area contributed by atoms with Gasteiger partial charge in [0.05, 0.1) is 6.04 Å². The Morgan fingerprint density at radius 1 is 1.19 bits per heavy atom. The van der Waals surface area contributed by atoms with Gasteiger partial charge in [-0.3, -0.25) is 4.79 Å². The van der Waals surface area contributed by atoms with E-state index in [0.29, 0.717) is 19.4 Å². The number of rotatable bonds is 4. The minimum atomic E-state index is -5.08. The second-order valence-electron chi connectivity index (χ2n) is 5.63. The maximum Gasteiger partial charge on any atom is 0.490 e. The molecule has 1 aliphatic heterocycles. The first kappa shape index (κ1) is 21.4. The van der Waals surface area contributed by atoms with Crippen molar-refractivity contribution >= 4 is 17.8 Å². The molecule has 1 unspecified atom stereocenters. The van der Waals surface area contributed by atoms with Gasteiger partial charge in [-0.05, 0) is 24.8 Å². The lowest BCUT2D eigenvalue weighted by Crippen LogP contribution is -2.49. The standard InChI is InChI=1S/C14H18N2O3.C2HF3O2/c15-11(9-10-5-2-1-3-6-10)13(17)16-8-4-7-12(16)14(18)19;3-2(4,5)1(6)7/h1-3,5-6,11-12H,4,7-9,15H2,(H,18,19);(H,6,7)/t11-,12?;/m0./s1. The van der Waals surface area contributed by atoms with Crippen LogP contribution in [0, 0.1) is 0 Å². The number of benzene rings is 1. The van der Waals surface area contributed by atoms with Crippen LogP contribution in [0.4, 0.5) is 13.2 Å². The third-order valence-corrected chi connectivity index (χ3v) is 3.68. The van der Waals surface area contributed by atoms with Gasteiger partial charge in [0.2, 0.25) is 5.91 Å². The Hall–Kier alpha value is -2.62. The quantitative estimate of drug-likeness (QED) is 0.728. The maximum absolute atomic E-state index is 12.2. The topological polar surface area (TPSA) is 121 Å². The summed E-state index contributed by atoms with van der Waals surface area (Å²) in [6.45, 7) is 0.484. The summed E-state index contributed by atoms with van der Waals surface area (Å²) < 4.78 is 31.7. The van der Waals surface area contributed by atoms with Gasteiger partial charge in [0.25, 0.3) is 0 Å². The molecule has 4 N–H and O–H groups in total. The van der Waals surface area contributed by atoms with Gasteiger partial charge in [-0.15, -0.1) is 0 Å². The zero-order chi connectivity index (χ0) is 19.9. The number of likely N-dealkylation sites (tertiary alicyclic amines) is 1. The van der Waals surface area contributed by atoms with Gasteiger partial charge in [-0.25, -0.2) is 9.59 Å². The molecule has 1 heterocycles. The van der Waals surface area contributed by atoms with Crippen LogP contribution >= 0.6 is 0 Å². The number of nitrogens with two attached hydrogens (primary N) is 1. The molecule has 1 aliphatic rings. The summed E-state index contributed by atoms with van der Waals surface area (Å²) >= 11 is 0. The summed E-state index contributed by atoms with van der Waals surface area (Å²) in [5, 5.41) is 16.2. The SMILES string of the molecule is N[C@@H](Cc1ccccc1)C(=O)N1CCCC1C(=O)O.O=C(O)C(F)(F)F. The first-order chi connectivity index (χ1) is 12.0. The molecule has 1 aromatic rings. The molecule has 0 spiro atoms. The van der Waals surface area contributed by atoms with Crippen molar-refractivity contribution in [1.82, 2.24) is 4.90 Å². The minimum Gasteiger partial charge on any atom is -0.480 e. The van der Waals surface area contributed by atoms with Crippen molar-refractivity contribution in [3.63, 3.8) is 0 Å². The Balaban J connectivity index is 0.000000412. The van der Waals surface area contributed by atoms with E-state index in [9.17, 15) is 22.8 Å². The number of alkyl halides is 3. The largest absolute Gasteiger partial charge is 0.490 e. The van der Waals surface area contributed by atoms with Crippen molar-refractivity contribution < 1.29 is 37.8 Å². The van der Waals surface area contributed by atoms with E-state index >= 15 is 0 Å². The fraction of sp³-hybridized carbons (Fsp3) is 0.438. The van der Waals surface area contributed by atoms with Crippen molar-refractivity contribution in [2.75, 3.05) is 6.54 Å². The van der Waals surface area contributed by atoms with E-state index in [1.807, 2.05) is 30.3 Å². The number of carboxylic acid groups (broad SMARTS) is 2. The Morgan fingerprint density at radius 2 is 1.73 bits per heavy atom. The van der Waals surface area contributed by atoms with Crippen LogP contribution in [0.3, 0.4) is 0 Å². The van der Waals surface area contributed by atoms with E-state index in [0.717, 1.165) is 12.0 Å². The minimum absolute atomic E-state index is 0.270. The smallest absolute Gasteiger partial charge is 0.480 e. The van der Waals surface area contributed by atoms with E-state index in [1.54, 1.807) is 0 Å². The number of amides is 1. The number of aliphatic carboxylic acids is 2. The maximum atomic E-state index is 12.2. The molecular weight excluding hydrogens is 357 g/mol. The Morgan fingerprint density at radius 3 is 2.19 bits per heavy atom. The highest BCUT2D eigenvalue weighted by Gasteiger charge is 2.38. The molecule has 7 nitrogen and oxygen atoms in total. The third-order valence-electron chi connectivity index (χ3n) is 3.68. The number of nitrogens with zero attached hydrogens (tertiary/aromatic N) is 1. The van der Waals surface area contributed by atoms with Gasteiger partial charge in [-0.1, -0.05) is 30.3 Å². The van der Waals surface area contributed by atoms with Crippen molar-refractivity contribution in [3.05, 3.63) is 35.9 Å². The Labute approximate surface area is 147 Å². The fourth-order valence-electron chi connectivity index (χ4n) is 2.46. The van der Waals surface area contributed by atoms with Crippen LogP contribution in [-0.2, 0) is 20.8 Å². The van der Waals surface area contributed by atoms with E-state index in [1.165, 1.54) is 4.90 Å². The molecule has 10 heteroatoms. The average Bonchev–Trinajstić information content (AvgIpc) is 3.04. The highest BCUT2D eigenvalue weighted by Crippen LogP contribution is 2.19. The molecule has 0 aliphatic carbocycles. The molecule has 26 heavy (non-hydrogen) atoms. The lowest BCUT2D eigenvalue weighted by Gasteiger charge is -2.24. The lowest BCUT2D eigenvalue weighted by atomic mass is 10.1. The summed E-state index contributed by atoms with van der Waals surface area (Å²) in [6, 6.07) is 8.11. The highest BCUT2D eigenvalue weighted by molar-refractivity contribution is 5.87. The monoisotopic (exact) mass is 376 g/mol. The zero-order valence-corrected chi connectivity index (χ0v) is 13.6. The molecule has 1 amide bonds. The van der Waals surface area contributed by atoms with Gasteiger partial charge < -0.3 is 20.8 Å². The van der Waals surface area contributed by atoms with Crippen molar-refractivity contribution in [2.45, 2.75) is 37.5 Å². The Kier molecular flexibility index (Phi) is 7.56. The summed E-state index contributed by atoms with van der Waals surface area (Å²) in [7, 11) is 0. The van der Waals surface area contributed by atoms with Gasteiger partial charge in [0, 0.05) is 6.54 Å². The molecular formula is C16H19F3N2O5.